The first-order valence-corrected chi connectivity index (χ1v) is 14.9. The standard InChI is InChI=1S/C31H39FN4O4S/c1-23(2)20-33-31(38)29(19-25-11-7-6-8-12-25)35(21-26-17-15-24(3)16-18-26)30(37)22-36(41(39,40)34(4)5)28-14-10-9-13-27(28)32/h6-18,23,29H,19-22H2,1-5H3,(H,33,38). The Morgan fingerprint density at radius 1 is 0.878 bits per heavy atom. The van der Waals surface area contributed by atoms with Crippen LogP contribution >= 0.6 is 0 Å². The number of anilines is 1. The predicted octanol–water partition coefficient (Wildman–Crippen LogP) is 4.16. The van der Waals surface area contributed by atoms with Crippen LogP contribution < -0.4 is 9.62 Å². The summed E-state index contributed by atoms with van der Waals surface area (Å²) in [5, 5.41) is 2.94. The number of benzene rings is 3. The van der Waals surface area contributed by atoms with Gasteiger partial charge < -0.3 is 10.2 Å². The number of carbonyl (C=O) groups is 2. The molecule has 3 aromatic rings. The highest BCUT2D eigenvalue weighted by atomic mass is 32.2. The van der Waals surface area contributed by atoms with Crippen LogP contribution in [0.5, 0.6) is 0 Å². The number of halogens is 1. The van der Waals surface area contributed by atoms with Crippen molar-refractivity contribution in [3.8, 4) is 0 Å². The first-order chi connectivity index (χ1) is 19.4. The van der Waals surface area contributed by atoms with Gasteiger partial charge in [-0.3, -0.25) is 9.59 Å². The normalized spacial score (nSPS) is 12.3. The lowest BCUT2D eigenvalue weighted by Gasteiger charge is -2.34. The van der Waals surface area contributed by atoms with Gasteiger partial charge in [-0.2, -0.15) is 12.7 Å². The van der Waals surface area contributed by atoms with E-state index >= 15 is 0 Å². The Kier molecular flexibility index (Phi) is 11.0. The van der Waals surface area contributed by atoms with Crippen molar-refractivity contribution < 1.29 is 22.4 Å². The third kappa shape index (κ3) is 8.61. The predicted molar refractivity (Wildman–Crippen MR) is 160 cm³/mol. The Labute approximate surface area is 243 Å². The van der Waals surface area contributed by atoms with Crippen LogP contribution in [-0.4, -0.2) is 62.7 Å². The van der Waals surface area contributed by atoms with Crippen LogP contribution in [0.25, 0.3) is 0 Å². The fourth-order valence-corrected chi connectivity index (χ4v) is 5.29. The molecule has 0 aliphatic heterocycles. The van der Waals surface area contributed by atoms with Gasteiger partial charge in [-0.05, 0) is 36.1 Å². The van der Waals surface area contributed by atoms with Crippen molar-refractivity contribution in [3.05, 3.63) is 101 Å². The zero-order chi connectivity index (χ0) is 30.2. The number of amides is 2. The Hall–Kier alpha value is -3.76. The molecule has 0 bridgehead atoms. The summed E-state index contributed by atoms with van der Waals surface area (Å²) in [6.07, 6.45) is 0.211. The van der Waals surface area contributed by atoms with Gasteiger partial charge in [-0.15, -0.1) is 0 Å². The minimum atomic E-state index is -4.27. The maximum atomic E-state index is 14.9. The second-order valence-corrected chi connectivity index (χ2v) is 12.7. The highest BCUT2D eigenvalue weighted by Gasteiger charge is 2.35. The van der Waals surface area contributed by atoms with E-state index in [0.717, 1.165) is 31.4 Å². The first kappa shape index (κ1) is 31.8. The monoisotopic (exact) mass is 582 g/mol. The van der Waals surface area contributed by atoms with Crippen molar-refractivity contribution in [1.82, 2.24) is 14.5 Å². The molecule has 0 saturated carbocycles. The van der Waals surface area contributed by atoms with Gasteiger partial charge in [-0.25, -0.2) is 8.70 Å². The lowest BCUT2D eigenvalue weighted by molar-refractivity contribution is -0.140. The lowest BCUT2D eigenvalue weighted by Crippen LogP contribution is -2.54. The number of hydrogen-bond acceptors (Lipinski definition) is 4. The summed E-state index contributed by atoms with van der Waals surface area (Å²) >= 11 is 0. The van der Waals surface area contributed by atoms with Crippen molar-refractivity contribution >= 4 is 27.7 Å². The Bertz CT molecular complexity index is 1410. The number of carbonyl (C=O) groups excluding carboxylic acids is 2. The van der Waals surface area contributed by atoms with E-state index in [9.17, 15) is 22.4 Å². The molecule has 0 radical (unpaired) electrons. The average molecular weight is 583 g/mol. The third-order valence-electron chi connectivity index (χ3n) is 6.57. The lowest BCUT2D eigenvalue weighted by atomic mass is 10.0. The number of nitrogens with one attached hydrogen (secondary N) is 1. The SMILES string of the molecule is Cc1ccc(CN(C(=O)CN(c2ccccc2F)S(=O)(=O)N(C)C)C(Cc2ccccc2)C(=O)NCC(C)C)cc1. The molecule has 2 amide bonds. The van der Waals surface area contributed by atoms with Crippen molar-refractivity contribution in [2.75, 3.05) is 31.5 Å². The molecule has 10 heteroatoms. The Morgan fingerprint density at radius 3 is 2.07 bits per heavy atom. The van der Waals surface area contributed by atoms with Gasteiger partial charge in [0.25, 0.3) is 0 Å². The van der Waals surface area contributed by atoms with Gasteiger partial charge in [0.2, 0.25) is 11.8 Å². The molecule has 0 saturated heterocycles. The van der Waals surface area contributed by atoms with Crippen LogP contribution in [0, 0.1) is 18.7 Å². The van der Waals surface area contributed by atoms with Gasteiger partial charge in [0, 0.05) is 33.6 Å². The molecule has 3 aromatic carbocycles. The first-order valence-electron chi connectivity index (χ1n) is 13.5. The molecular weight excluding hydrogens is 543 g/mol. The van der Waals surface area contributed by atoms with E-state index in [4.69, 9.17) is 0 Å². The van der Waals surface area contributed by atoms with Crippen LogP contribution in [0.2, 0.25) is 0 Å². The van der Waals surface area contributed by atoms with E-state index in [0.29, 0.717) is 6.54 Å². The highest BCUT2D eigenvalue weighted by Crippen LogP contribution is 2.24. The minimum Gasteiger partial charge on any atom is -0.354 e. The topological polar surface area (TPSA) is 90.0 Å². The van der Waals surface area contributed by atoms with Crippen molar-refractivity contribution in [2.24, 2.45) is 5.92 Å². The van der Waals surface area contributed by atoms with E-state index in [1.165, 1.54) is 37.2 Å². The molecule has 8 nitrogen and oxygen atoms in total. The van der Waals surface area contributed by atoms with Crippen LogP contribution in [0.15, 0.2) is 78.9 Å². The molecule has 0 heterocycles. The zero-order valence-corrected chi connectivity index (χ0v) is 25.1. The fraction of sp³-hybridized carbons (Fsp3) is 0.355. The average Bonchev–Trinajstić information content (AvgIpc) is 2.94. The summed E-state index contributed by atoms with van der Waals surface area (Å²) in [5.41, 5.74) is 2.39. The van der Waals surface area contributed by atoms with E-state index in [1.54, 1.807) is 0 Å². The molecule has 0 spiro atoms. The summed E-state index contributed by atoms with van der Waals surface area (Å²) in [4.78, 5) is 29.2. The van der Waals surface area contributed by atoms with Crippen LogP contribution in [0.1, 0.15) is 30.5 Å². The maximum absolute atomic E-state index is 14.9. The fourth-order valence-electron chi connectivity index (χ4n) is 4.22. The van der Waals surface area contributed by atoms with Crippen molar-refractivity contribution in [2.45, 2.75) is 39.8 Å². The summed E-state index contributed by atoms with van der Waals surface area (Å²) in [6, 6.07) is 21.3. The maximum Gasteiger partial charge on any atom is 0.304 e. The van der Waals surface area contributed by atoms with Gasteiger partial charge in [0.1, 0.15) is 18.4 Å². The van der Waals surface area contributed by atoms with Crippen LogP contribution in [0.3, 0.4) is 0 Å². The number of hydrogen-bond donors (Lipinski definition) is 1. The molecule has 1 N–H and O–H groups in total. The molecule has 1 unspecified atom stereocenters. The second-order valence-electron chi connectivity index (χ2n) is 10.6. The number of aryl methyl sites for hydroxylation is 1. The number of rotatable bonds is 13. The van der Waals surface area contributed by atoms with Gasteiger partial charge in [-0.1, -0.05) is 86.1 Å². The van der Waals surface area contributed by atoms with Gasteiger partial charge >= 0.3 is 10.2 Å². The smallest absolute Gasteiger partial charge is 0.304 e. The molecule has 0 aliphatic carbocycles. The highest BCUT2D eigenvalue weighted by molar-refractivity contribution is 7.90. The summed E-state index contributed by atoms with van der Waals surface area (Å²) in [6.45, 7) is 5.66. The van der Waals surface area contributed by atoms with Gasteiger partial charge in [0.15, 0.2) is 0 Å². The molecule has 0 aliphatic rings. The zero-order valence-electron chi connectivity index (χ0n) is 24.2. The van der Waals surface area contributed by atoms with E-state index in [2.05, 4.69) is 5.32 Å². The summed E-state index contributed by atoms with van der Waals surface area (Å²) in [5.74, 6) is -1.60. The Balaban J connectivity index is 2.09. The molecule has 220 valence electrons. The quantitative estimate of drug-likeness (QED) is 0.328. The van der Waals surface area contributed by atoms with Crippen molar-refractivity contribution in [3.63, 3.8) is 0 Å². The largest absolute Gasteiger partial charge is 0.354 e. The minimum absolute atomic E-state index is 0.0544. The van der Waals surface area contributed by atoms with Gasteiger partial charge in [0.05, 0.1) is 5.69 Å². The van der Waals surface area contributed by atoms with E-state index in [-0.39, 0.29) is 30.5 Å². The molecule has 0 fully saturated rings. The molecule has 1 atom stereocenters. The molecule has 0 aromatic heterocycles. The summed E-state index contributed by atoms with van der Waals surface area (Å²) in [7, 11) is -1.64. The third-order valence-corrected chi connectivity index (χ3v) is 8.37. The van der Waals surface area contributed by atoms with Crippen molar-refractivity contribution in [1.29, 1.82) is 0 Å². The summed E-state index contributed by atoms with van der Waals surface area (Å²) < 4.78 is 43.3. The number of nitrogens with zero attached hydrogens (tertiary/aromatic N) is 3. The molecule has 3 rings (SSSR count). The van der Waals surface area contributed by atoms with E-state index < -0.39 is 34.5 Å². The second kappa shape index (κ2) is 14.2. The number of para-hydroxylation sites is 1. The Morgan fingerprint density at radius 2 is 1.49 bits per heavy atom. The van der Waals surface area contributed by atoms with E-state index in [1.807, 2.05) is 75.4 Å². The molecule has 41 heavy (non-hydrogen) atoms. The van der Waals surface area contributed by atoms with Crippen LogP contribution in [-0.2, 0) is 32.8 Å². The van der Waals surface area contributed by atoms with Crippen LogP contribution in [0.4, 0.5) is 10.1 Å². The molecular formula is C31H39FN4O4S.